The number of hydrogen-bond donors (Lipinski definition) is 1. The van der Waals surface area contributed by atoms with Gasteiger partial charge in [0.05, 0.1) is 6.04 Å². The van der Waals surface area contributed by atoms with Crippen molar-refractivity contribution in [2.45, 2.75) is 61.3 Å². The Morgan fingerprint density at radius 2 is 1.11 bits per heavy atom. The van der Waals surface area contributed by atoms with E-state index in [0.29, 0.717) is 0 Å². The lowest BCUT2D eigenvalue weighted by molar-refractivity contribution is -0.548. The Morgan fingerprint density at radius 1 is 0.658 bits per heavy atom. The predicted octanol–water partition coefficient (Wildman–Crippen LogP) is 6.74. The molecule has 38 heavy (non-hydrogen) atoms. The van der Waals surface area contributed by atoms with Crippen LogP contribution in [-0.4, -0.2) is 54.3 Å². The first-order valence-corrected chi connectivity index (χ1v) is 9.05. The Labute approximate surface area is 198 Å². The quantitative estimate of drug-likeness (QED) is 0.320. The lowest BCUT2D eigenvalue weighted by Gasteiger charge is -2.40. The minimum atomic E-state index is -8.05. The van der Waals surface area contributed by atoms with Crippen LogP contribution < -0.4 is 5.32 Å². The number of halogens is 17. The molecule has 1 N–H and O–H groups in total. The summed E-state index contributed by atoms with van der Waals surface area (Å²) in [7, 11) is 0. The number of amides is 1. The minimum absolute atomic E-state index is 0.204. The summed E-state index contributed by atoms with van der Waals surface area (Å²) in [5.74, 6) is -26.1. The summed E-state index contributed by atoms with van der Waals surface area (Å²) in [4.78, 5) is 11.8. The summed E-state index contributed by atoms with van der Waals surface area (Å²) < 4.78 is 227. The summed E-state index contributed by atoms with van der Waals surface area (Å²) in [5, 5.41) is 0.995. The molecule has 0 aliphatic carbocycles. The molecule has 0 spiro atoms. The third kappa shape index (κ3) is 6.01. The molecule has 0 heterocycles. The molecule has 0 aliphatic rings. The van der Waals surface area contributed by atoms with E-state index in [4.69, 9.17) is 0 Å². The Morgan fingerprint density at radius 3 is 1.47 bits per heavy atom. The Kier molecular flexibility index (Phi) is 8.68. The van der Waals surface area contributed by atoms with Crippen molar-refractivity contribution in [3.63, 3.8) is 0 Å². The molecule has 0 radical (unpaired) electrons. The van der Waals surface area contributed by atoms with E-state index in [2.05, 4.69) is 0 Å². The molecule has 1 amide bonds. The molecule has 4 nitrogen and oxygen atoms in total. The molecule has 0 bridgehead atoms. The first kappa shape index (κ1) is 33.4. The summed E-state index contributed by atoms with van der Waals surface area (Å²) in [5.41, 5.74) is -0.204. The average Bonchev–Trinajstić information content (AvgIpc) is 2.70. The van der Waals surface area contributed by atoms with Gasteiger partial charge in [-0.1, -0.05) is 30.3 Å². The van der Waals surface area contributed by atoms with E-state index in [-0.39, 0.29) is 5.56 Å². The molecule has 0 aliphatic heterocycles. The van der Waals surface area contributed by atoms with Crippen LogP contribution in [0.1, 0.15) is 18.5 Å². The van der Waals surface area contributed by atoms with E-state index in [1.807, 2.05) is 4.74 Å². The van der Waals surface area contributed by atoms with Crippen LogP contribution in [0.4, 0.5) is 74.6 Å². The molecule has 21 heteroatoms. The van der Waals surface area contributed by atoms with Gasteiger partial charge in [-0.3, -0.25) is 14.3 Å². The van der Waals surface area contributed by atoms with Gasteiger partial charge in [0.1, 0.15) is 0 Å². The minimum Gasteiger partial charge on any atom is -0.344 e. The summed E-state index contributed by atoms with van der Waals surface area (Å²) in [6, 6.07) is 3.91. The standard InChI is InChI=1S/C17H10F17NO3/c1-7(8-5-3-2-4-6-8)35-9(36)10(18,13(22,23)24)37-17(33,34)12(21,15(28,29)30)38-16(31,32)11(19,20)14(25,26)27/h2-7H,1H3,(H,35,36)/t7-,10-,12-/m1/s1. The second-order valence-electron chi connectivity index (χ2n) is 7.10. The van der Waals surface area contributed by atoms with Gasteiger partial charge in [0, 0.05) is 0 Å². The highest BCUT2D eigenvalue weighted by molar-refractivity contribution is 5.85. The van der Waals surface area contributed by atoms with E-state index in [9.17, 15) is 79.4 Å². The van der Waals surface area contributed by atoms with E-state index in [0.717, 1.165) is 24.4 Å². The zero-order valence-corrected chi connectivity index (χ0v) is 17.6. The first-order chi connectivity index (χ1) is 16.6. The van der Waals surface area contributed by atoms with Crippen molar-refractivity contribution in [1.29, 1.82) is 0 Å². The van der Waals surface area contributed by atoms with Crippen molar-refractivity contribution < 1.29 is 88.9 Å². The molecule has 0 saturated carbocycles. The average molecular weight is 599 g/mol. The van der Waals surface area contributed by atoms with E-state index >= 15 is 0 Å². The van der Waals surface area contributed by atoms with Crippen LogP contribution in [0.15, 0.2) is 30.3 Å². The third-order valence-electron chi connectivity index (χ3n) is 4.30. The molecule has 0 unspecified atom stereocenters. The predicted molar refractivity (Wildman–Crippen MR) is 85.9 cm³/mol. The number of benzene rings is 1. The number of nitrogens with one attached hydrogen (secondary N) is 1. The number of hydrogen-bond acceptors (Lipinski definition) is 3. The first-order valence-electron chi connectivity index (χ1n) is 9.05. The van der Waals surface area contributed by atoms with Gasteiger partial charge in [-0.2, -0.15) is 74.6 Å². The maximum Gasteiger partial charge on any atom is 0.462 e. The second kappa shape index (κ2) is 9.87. The van der Waals surface area contributed by atoms with Crippen LogP contribution in [0.25, 0.3) is 0 Å². The third-order valence-corrected chi connectivity index (χ3v) is 4.30. The molecule has 0 aromatic heterocycles. The topological polar surface area (TPSA) is 47.6 Å². The van der Waals surface area contributed by atoms with Crippen LogP contribution in [0.3, 0.4) is 0 Å². The fourth-order valence-electron chi connectivity index (χ4n) is 2.28. The molecule has 3 atom stereocenters. The SMILES string of the molecule is C[C@@H](NC(=O)[C@@](F)(OC(F)(F)[C@](F)(OC(F)(F)C(F)(F)C(F)(F)F)C(F)(F)F)C(F)(F)F)c1ccccc1. The summed E-state index contributed by atoms with van der Waals surface area (Å²) in [6.07, 6.45) is -38.5. The molecule has 1 aromatic rings. The highest BCUT2D eigenvalue weighted by atomic mass is 19.4. The van der Waals surface area contributed by atoms with Gasteiger partial charge in [0.2, 0.25) is 0 Å². The Hall–Kier alpha value is -2.58. The Balaban J connectivity index is 3.58. The molecular weight excluding hydrogens is 589 g/mol. The number of carbonyl (C=O) groups is 1. The van der Waals surface area contributed by atoms with E-state index in [1.165, 1.54) is 22.9 Å². The summed E-state index contributed by atoms with van der Waals surface area (Å²) in [6.45, 7) is 0.750. The van der Waals surface area contributed by atoms with Crippen molar-refractivity contribution in [3.8, 4) is 0 Å². The van der Waals surface area contributed by atoms with E-state index < -0.39 is 60.3 Å². The molecule has 1 rings (SSSR count). The van der Waals surface area contributed by atoms with Crippen molar-refractivity contribution >= 4 is 5.91 Å². The maximum absolute atomic E-state index is 14.5. The van der Waals surface area contributed by atoms with Crippen molar-refractivity contribution in [3.05, 3.63) is 35.9 Å². The smallest absolute Gasteiger partial charge is 0.344 e. The largest absolute Gasteiger partial charge is 0.462 e. The number of rotatable bonds is 9. The van der Waals surface area contributed by atoms with E-state index in [1.54, 1.807) is 0 Å². The van der Waals surface area contributed by atoms with Gasteiger partial charge in [0.15, 0.2) is 0 Å². The van der Waals surface area contributed by atoms with Gasteiger partial charge in [-0.05, 0) is 12.5 Å². The monoisotopic (exact) mass is 599 g/mol. The highest BCUT2D eigenvalue weighted by Gasteiger charge is 2.85. The van der Waals surface area contributed by atoms with Gasteiger partial charge in [0.25, 0.3) is 5.91 Å². The summed E-state index contributed by atoms with van der Waals surface area (Å²) >= 11 is 0. The lowest BCUT2D eigenvalue weighted by Crippen LogP contribution is -2.68. The van der Waals surface area contributed by atoms with Crippen LogP contribution >= 0.6 is 0 Å². The molecule has 220 valence electrons. The molecule has 1 aromatic carbocycles. The van der Waals surface area contributed by atoms with Gasteiger partial charge in [-0.25, -0.2) is 0 Å². The molecule has 0 fully saturated rings. The van der Waals surface area contributed by atoms with Gasteiger partial charge < -0.3 is 5.32 Å². The molecular formula is C17H10F17NO3. The fourth-order valence-corrected chi connectivity index (χ4v) is 2.28. The van der Waals surface area contributed by atoms with Crippen LogP contribution in [-0.2, 0) is 14.3 Å². The zero-order valence-electron chi connectivity index (χ0n) is 17.6. The highest BCUT2D eigenvalue weighted by Crippen LogP contribution is 2.56. The van der Waals surface area contributed by atoms with Gasteiger partial charge in [-0.15, -0.1) is 0 Å². The van der Waals surface area contributed by atoms with Gasteiger partial charge >= 0.3 is 48.4 Å². The number of ether oxygens (including phenoxy) is 2. The molecule has 0 saturated heterocycles. The number of alkyl halides is 17. The van der Waals surface area contributed by atoms with Crippen molar-refractivity contribution in [2.24, 2.45) is 0 Å². The fraction of sp³-hybridized carbons (Fsp3) is 0.588. The van der Waals surface area contributed by atoms with Crippen LogP contribution in [0.2, 0.25) is 0 Å². The van der Waals surface area contributed by atoms with Crippen molar-refractivity contribution in [1.82, 2.24) is 5.32 Å². The second-order valence-corrected chi connectivity index (χ2v) is 7.10. The van der Waals surface area contributed by atoms with Crippen LogP contribution in [0.5, 0.6) is 0 Å². The lowest BCUT2D eigenvalue weighted by atomic mass is 10.1. The Bertz CT molecular complexity index is 975. The number of carbonyl (C=O) groups excluding carboxylic acids is 1. The zero-order chi connectivity index (χ0) is 30.4. The maximum atomic E-state index is 14.5. The van der Waals surface area contributed by atoms with Crippen molar-refractivity contribution in [2.75, 3.05) is 0 Å². The normalized spacial score (nSPS) is 18.4. The van der Waals surface area contributed by atoms with Crippen LogP contribution in [0, 0.1) is 0 Å².